The van der Waals surface area contributed by atoms with Gasteiger partial charge in [0.05, 0.1) is 41.6 Å². The van der Waals surface area contributed by atoms with Crippen LogP contribution in [-0.4, -0.2) is 56.4 Å². The molecule has 8 nitrogen and oxygen atoms in total. The van der Waals surface area contributed by atoms with E-state index in [-0.39, 0.29) is 56.8 Å². The van der Waals surface area contributed by atoms with Crippen LogP contribution in [0.5, 0.6) is 5.75 Å². The summed E-state index contributed by atoms with van der Waals surface area (Å²) in [7, 11) is 3.03. The van der Waals surface area contributed by atoms with Crippen molar-refractivity contribution >= 4 is 40.8 Å². The number of ether oxygens (including phenoxy) is 2. The number of anilines is 1. The van der Waals surface area contributed by atoms with E-state index in [1.165, 1.54) is 37.4 Å². The van der Waals surface area contributed by atoms with Crippen LogP contribution in [0, 0.1) is 17.0 Å². The Kier molecular flexibility index (Phi) is 10.8. The van der Waals surface area contributed by atoms with E-state index < -0.39 is 47.1 Å². The molecule has 1 amide bonds. The van der Waals surface area contributed by atoms with Gasteiger partial charge in [-0.05, 0) is 60.8 Å². The largest absolute Gasteiger partial charge is 0.495 e. The molecule has 0 saturated carbocycles. The van der Waals surface area contributed by atoms with Gasteiger partial charge in [-0.25, -0.2) is 13.6 Å². The van der Waals surface area contributed by atoms with Gasteiger partial charge in [0, 0.05) is 22.5 Å². The predicted molar refractivity (Wildman–Crippen MR) is 170 cm³/mol. The molecule has 12 heteroatoms. The van der Waals surface area contributed by atoms with Gasteiger partial charge in [0.2, 0.25) is 5.91 Å². The highest BCUT2D eigenvalue weighted by atomic mass is 35.5. The van der Waals surface area contributed by atoms with Crippen LogP contribution in [0.3, 0.4) is 0 Å². The summed E-state index contributed by atoms with van der Waals surface area (Å²) in [6.45, 7) is 5.56. The summed E-state index contributed by atoms with van der Waals surface area (Å²) in [5, 5.41) is 18.6. The first-order valence-corrected chi connectivity index (χ1v) is 15.1. The van der Waals surface area contributed by atoms with Gasteiger partial charge >= 0.3 is 5.97 Å². The van der Waals surface area contributed by atoms with Crippen LogP contribution in [0.1, 0.15) is 54.6 Å². The summed E-state index contributed by atoms with van der Waals surface area (Å²) in [5.41, 5.74) is -0.938. The highest BCUT2D eigenvalue weighted by Gasteiger charge is 2.59. The molecule has 1 heterocycles. The molecule has 0 bridgehead atoms. The summed E-state index contributed by atoms with van der Waals surface area (Å²) in [6, 6.07) is 11.5. The summed E-state index contributed by atoms with van der Waals surface area (Å²) in [4.78, 5) is 26.6. The minimum Gasteiger partial charge on any atom is -0.495 e. The van der Waals surface area contributed by atoms with Crippen LogP contribution in [0.25, 0.3) is 0 Å². The molecule has 0 spiro atoms. The van der Waals surface area contributed by atoms with Crippen LogP contribution in [0.4, 0.5) is 14.5 Å². The number of likely N-dealkylation sites (N-methyl/N-ethyl adjacent to an activating group) is 1. The smallest absolute Gasteiger partial charge is 0.338 e. The van der Waals surface area contributed by atoms with E-state index in [1.807, 2.05) is 20.8 Å². The zero-order chi connectivity index (χ0) is 33.1. The fraction of sp³-hybridized carbons (Fsp3) is 0.394. The van der Waals surface area contributed by atoms with E-state index in [1.54, 1.807) is 31.3 Å². The summed E-state index contributed by atoms with van der Waals surface area (Å²) in [6.07, 6.45) is 0.465. The lowest BCUT2D eigenvalue weighted by molar-refractivity contribution is -0.118. The monoisotopic (exact) mass is 663 g/mol. The topological polar surface area (TPSA) is 109 Å². The highest BCUT2D eigenvalue weighted by molar-refractivity contribution is 6.31. The van der Waals surface area contributed by atoms with E-state index in [9.17, 15) is 9.59 Å². The first-order valence-electron chi connectivity index (χ1n) is 14.4. The summed E-state index contributed by atoms with van der Waals surface area (Å²) < 4.78 is 42.3. The second-order valence-corrected chi connectivity index (χ2v) is 12.9. The van der Waals surface area contributed by atoms with Gasteiger partial charge in [-0.1, -0.05) is 62.2 Å². The van der Waals surface area contributed by atoms with E-state index in [4.69, 9.17) is 37.8 Å². The number of halogens is 4. The molecule has 1 aliphatic heterocycles. The standard InChI is InChI=1S/C33H37Cl2F2N3O5/c1-32(2,3)17-26-33(38-4,21-11-10-19(34)16-23(21)36)27(20-7-6-8-22(35)28(20)37)29(40-26)30(42)39-24-12-9-18(15-25(24)44-5)31(43)45-14-13-41/h6-12,15-16,26-27,29,38,40-41H,13-14,17H2,1-5H3,(H,39,42)/t26?,27-,29+,33+/m0/s1. The number of esters is 1. The van der Waals surface area contributed by atoms with Crippen molar-refractivity contribution in [3.05, 3.63) is 93.0 Å². The average Bonchev–Trinajstić information content (AvgIpc) is 3.30. The maximum absolute atomic E-state index is 16.0. The Morgan fingerprint density at radius 3 is 2.44 bits per heavy atom. The molecule has 1 aliphatic rings. The number of methoxy groups -OCH3 is 1. The molecule has 3 aromatic rings. The van der Waals surface area contributed by atoms with Gasteiger partial charge in [-0.3, -0.25) is 4.79 Å². The second kappa shape index (κ2) is 14.0. The van der Waals surface area contributed by atoms with Crippen LogP contribution in [0.15, 0.2) is 54.6 Å². The maximum atomic E-state index is 16.0. The number of carbonyl (C=O) groups excluding carboxylic acids is 2. The minimum atomic E-state index is -1.35. The Bertz CT molecular complexity index is 1570. The molecule has 1 saturated heterocycles. The first-order chi connectivity index (χ1) is 21.3. The van der Waals surface area contributed by atoms with Crippen molar-refractivity contribution in [3.8, 4) is 5.75 Å². The van der Waals surface area contributed by atoms with Crippen molar-refractivity contribution in [2.45, 2.75) is 50.7 Å². The number of rotatable bonds is 10. The first kappa shape index (κ1) is 34.6. The lowest BCUT2D eigenvalue weighted by Crippen LogP contribution is -2.54. The zero-order valence-corrected chi connectivity index (χ0v) is 27.2. The molecule has 4 rings (SSSR count). The number of amides is 1. The van der Waals surface area contributed by atoms with Gasteiger partial charge in [-0.2, -0.15) is 0 Å². The number of benzene rings is 3. The van der Waals surface area contributed by atoms with Crippen molar-refractivity contribution in [2.75, 3.05) is 32.7 Å². The fourth-order valence-corrected chi connectivity index (χ4v) is 6.51. The van der Waals surface area contributed by atoms with Gasteiger partial charge in [-0.15, -0.1) is 0 Å². The molecule has 4 N–H and O–H groups in total. The second-order valence-electron chi connectivity index (χ2n) is 12.1. The Morgan fingerprint density at radius 1 is 1.09 bits per heavy atom. The Balaban J connectivity index is 1.87. The Hall–Kier alpha value is -3.28. The molecular formula is C33H37Cl2F2N3O5. The van der Waals surface area contributed by atoms with Crippen molar-refractivity contribution in [2.24, 2.45) is 5.41 Å². The predicted octanol–water partition coefficient (Wildman–Crippen LogP) is 6.04. The maximum Gasteiger partial charge on any atom is 0.338 e. The van der Waals surface area contributed by atoms with Crippen LogP contribution >= 0.6 is 23.2 Å². The van der Waals surface area contributed by atoms with Gasteiger partial charge in [0.1, 0.15) is 24.0 Å². The minimum absolute atomic E-state index is 0.115. The molecule has 1 unspecified atom stereocenters. The van der Waals surface area contributed by atoms with Crippen LogP contribution in [0.2, 0.25) is 10.0 Å². The fourth-order valence-electron chi connectivity index (χ4n) is 6.17. The highest BCUT2D eigenvalue weighted by Crippen LogP contribution is 2.51. The molecule has 0 aliphatic carbocycles. The molecule has 0 radical (unpaired) electrons. The zero-order valence-electron chi connectivity index (χ0n) is 25.6. The normalized spacial score (nSPS) is 21.4. The van der Waals surface area contributed by atoms with Crippen molar-refractivity contribution in [1.82, 2.24) is 10.6 Å². The number of aliphatic hydroxyl groups is 1. The molecule has 242 valence electrons. The van der Waals surface area contributed by atoms with Crippen LogP contribution < -0.4 is 20.7 Å². The number of hydrogen-bond donors (Lipinski definition) is 4. The van der Waals surface area contributed by atoms with Gasteiger partial charge in [0.25, 0.3) is 0 Å². The lowest BCUT2D eigenvalue weighted by atomic mass is 9.67. The third-order valence-electron chi connectivity index (χ3n) is 7.98. The molecule has 45 heavy (non-hydrogen) atoms. The number of aliphatic hydroxyl groups excluding tert-OH is 1. The Morgan fingerprint density at radius 2 is 1.82 bits per heavy atom. The quantitative estimate of drug-likeness (QED) is 0.196. The summed E-state index contributed by atoms with van der Waals surface area (Å²) in [5.74, 6) is -3.42. The Labute approximate surface area is 271 Å². The van der Waals surface area contributed by atoms with Crippen molar-refractivity contribution in [1.29, 1.82) is 0 Å². The van der Waals surface area contributed by atoms with Gasteiger partial charge < -0.3 is 30.5 Å². The number of hydrogen-bond acceptors (Lipinski definition) is 7. The van der Waals surface area contributed by atoms with Crippen molar-refractivity contribution in [3.63, 3.8) is 0 Å². The summed E-state index contributed by atoms with van der Waals surface area (Å²) >= 11 is 12.4. The molecule has 1 fully saturated rings. The van der Waals surface area contributed by atoms with Crippen LogP contribution in [-0.2, 0) is 15.1 Å². The number of nitrogens with one attached hydrogen (secondary N) is 3. The van der Waals surface area contributed by atoms with E-state index in [0.29, 0.717) is 6.42 Å². The van der Waals surface area contributed by atoms with E-state index in [0.717, 1.165) is 0 Å². The third-order valence-corrected chi connectivity index (χ3v) is 8.51. The third kappa shape index (κ3) is 7.10. The molecule has 3 aromatic carbocycles. The lowest BCUT2D eigenvalue weighted by Gasteiger charge is -2.43. The van der Waals surface area contributed by atoms with E-state index in [2.05, 4.69) is 16.0 Å². The average molecular weight is 665 g/mol. The molecule has 0 aromatic heterocycles. The molecular weight excluding hydrogens is 627 g/mol. The van der Waals surface area contributed by atoms with Crippen molar-refractivity contribution < 1.29 is 33.0 Å². The number of carbonyl (C=O) groups is 2. The van der Waals surface area contributed by atoms with Gasteiger partial charge in [0.15, 0.2) is 0 Å². The molecule has 4 atom stereocenters. The SMILES string of the molecule is CN[C@]1(c2ccc(Cl)cc2F)C(CC(C)(C)C)N[C@@H](C(=O)Nc2ccc(C(=O)OCCO)cc2OC)[C@@H]1c1cccc(Cl)c1F. The van der Waals surface area contributed by atoms with E-state index >= 15 is 8.78 Å².